The Hall–Kier alpha value is -0.870. The first-order valence-corrected chi connectivity index (χ1v) is 6.93. The van der Waals surface area contributed by atoms with E-state index in [4.69, 9.17) is 4.42 Å². The van der Waals surface area contributed by atoms with Gasteiger partial charge in [-0.15, -0.1) is 0 Å². The third-order valence-electron chi connectivity index (χ3n) is 3.60. The third kappa shape index (κ3) is 3.33. The second kappa shape index (κ2) is 5.85. The summed E-state index contributed by atoms with van der Waals surface area (Å²) in [6.45, 7) is 7.44. The largest absolute Gasteiger partial charge is 0.449 e. The predicted octanol–water partition coefficient (Wildman–Crippen LogP) is 2.01. The van der Waals surface area contributed by atoms with E-state index in [1.807, 2.05) is 0 Å². The minimum absolute atomic E-state index is 0.360. The normalized spacial score (nSPS) is 22.8. The molecule has 0 amide bonds. The molecule has 1 fully saturated rings. The first kappa shape index (κ1) is 13.6. The van der Waals surface area contributed by atoms with Gasteiger partial charge in [0.1, 0.15) is 6.26 Å². The van der Waals surface area contributed by atoms with Crippen molar-refractivity contribution in [2.24, 2.45) is 0 Å². The molecule has 102 valence electrons. The molecule has 0 radical (unpaired) electrons. The maximum absolute atomic E-state index is 9.32. The maximum Gasteiger partial charge on any atom is 0.195 e. The van der Waals surface area contributed by atoms with Crippen molar-refractivity contribution >= 4 is 0 Å². The molecule has 1 saturated heterocycles. The van der Waals surface area contributed by atoms with E-state index in [0.717, 1.165) is 18.0 Å². The predicted molar refractivity (Wildman–Crippen MR) is 70.5 cm³/mol. The molecule has 1 aromatic heterocycles. The molecule has 1 N–H and O–H groups in total. The van der Waals surface area contributed by atoms with Crippen LogP contribution in [-0.4, -0.2) is 39.7 Å². The molecular weight excluding hydrogens is 228 g/mol. The van der Waals surface area contributed by atoms with E-state index in [-0.39, 0.29) is 6.10 Å². The molecular formula is C14H24N2O2. The second-order valence-corrected chi connectivity index (χ2v) is 5.62. The van der Waals surface area contributed by atoms with Crippen LogP contribution < -0.4 is 0 Å². The highest BCUT2D eigenvalue weighted by atomic mass is 16.3. The Balaban J connectivity index is 1.94. The number of rotatable bonds is 5. The molecule has 2 heterocycles. The summed E-state index contributed by atoms with van der Waals surface area (Å²) in [5.74, 6) is 0.809. The van der Waals surface area contributed by atoms with Crippen LogP contribution in [0.4, 0.5) is 0 Å². The summed E-state index contributed by atoms with van der Waals surface area (Å²) in [5, 5.41) is 9.32. The Bertz CT molecular complexity index is 374. The van der Waals surface area contributed by atoms with E-state index in [1.165, 1.54) is 19.4 Å². The molecule has 18 heavy (non-hydrogen) atoms. The summed E-state index contributed by atoms with van der Waals surface area (Å²) in [5.41, 5.74) is 0.856. The fourth-order valence-electron chi connectivity index (χ4n) is 2.80. The van der Waals surface area contributed by atoms with Crippen molar-refractivity contribution in [1.29, 1.82) is 0 Å². The van der Waals surface area contributed by atoms with E-state index < -0.39 is 0 Å². The quantitative estimate of drug-likeness (QED) is 0.871. The van der Waals surface area contributed by atoms with Crippen LogP contribution >= 0.6 is 0 Å². The molecule has 1 aliphatic heterocycles. The van der Waals surface area contributed by atoms with E-state index >= 15 is 0 Å². The van der Waals surface area contributed by atoms with E-state index in [0.29, 0.717) is 18.5 Å². The van der Waals surface area contributed by atoms with Crippen LogP contribution in [-0.2, 0) is 12.8 Å². The van der Waals surface area contributed by atoms with Gasteiger partial charge >= 0.3 is 0 Å². The lowest BCUT2D eigenvalue weighted by Crippen LogP contribution is -2.36. The lowest BCUT2D eigenvalue weighted by molar-refractivity contribution is 0.194. The maximum atomic E-state index is 9.32. The molecule has 2 atom stereocenters. The number of nitrogens with zero attached hydrogens (tertiary/aromatic N) is 2. The fourth-order valence-corrected chi connectivity index (χ4v) is 2.80. The van der Waals surface area contributed by atoms with Gasteiger partial charge in [0, 0.05) is 24.9 Å². The van der Waals surface area contributed by atoms with Crippen LogP contribution in [0.2, 0.25) is 0 Å². The monoisotopic (exact) mass is 252 g/mol. The molecule has 0 bridgehead atoms. The van der Waals surface area contributed by atoms with Crippen molar-refractivity contribution in [2.45, 2.75) is 64.6 Å². The lowest BCUT2D eigenvalue weighted by Gasteiger charge is -2.27. The highest BCUT2D eigenvalue weighted by Crippen LogP contribution is 2.23. The summed E-state index contributed by atoms with van der Waals surface area (Å²) in [4.78, 5) is 6.98. The number of hydrogen-bond acceptors (Lipinski definition) is 4. The molecule has 1 aromatic rings. The van der Waals surface area contributed by atoms with Gasteiger partial charge in [-0.25, -0.2) is 4.98 Å². The first-order chi connectivity index (χ1) is 8.56. The molecule has 2 rings (SSSR count). The zero-order chi connectivity index (χ0) is 13.1. The van der Waals surface area contributed by atoms with Gasteiger partial charge in [0.2, 0.25) is 0 Å². The van der Waals surface area contributed by atoms with Gasteiger partial charge in [0.15, 0.2) is 5.89 Å². The smallest absolute Gasteiger partial charge is 0.195 e. The summed E-state index contributed by atoms with van der Waals surface area (Å²) in [6.07, 6.45) is 5.27. The summed E-state index contributed by atoms with van der Waals surface area (Å²) in [6, 6.07) is 1.15. The standard InChI is InChI=1S/C14H24N2O2/c1-10(2)16-6-4-5-13(16)8-14-15-12(9-18-14)7-11(3)17/h9-11,13,17H,4-8H2,1-3H3. The Labute approximate surface area is 109 Å². The number of hydrogen-bond donors (Lipinski definition) is 1. The summed E-state index contributed by atoms with van der Waals surface area (Å²) in [7, 11) is 0. The summed E-state index contributed by atoms with van der Waals surface area (Å²) >= 11 is 0. The molecule has 0 aromatic carbocycles. The number of aliphatic hydroxyl groups is 1. The second-order valence-electron chi connectivity index (χ2n) is 5.62. The molecule has 0 aliphatic carbocycles. The van der Waals surface area contributed by atoms with Gasteiger partial charge in [-0.3, -0.25) is 4.90 Å². The lowest BCUT2D eigenvalue weighted by atomic mass is 10.1. The van der Waals surface area contributed by atoms with Crippen molar-refractivity contribution in [2.75, 3.05) is 6.54 Å². The van der Waals surface area contributed by atoms with Crippen molar-refractivity contribution in [3.8, 4) is 0 Å². The van der Waals surface area contributed by atoms with Crippen molar-refractivity contribution < 1.29 is 9.52 Å². The highest BCUT2D eigenvalue weighted by molar-refractivity contribution is 5.00. The Morgan fingerprint density at radius 1 is 1.50 bits per heavy atom. The van der Waals surface area contributed by atoms with Crippen LogP contribution in [0.5, 0.6) is 0 Å². The molecule has 0 saturated carbocycles. The van der Waals surface area contributed by atoms with Gasteiger partial charge in [0.05, 0.1) is 11.8 Å². The van der Waals surface area contributed by atoms with Gasteiger partial charge in [-0.05, 0) is 40.2 Å². The average Bonchev–Trinajstić information content (AvgIpc) is 2.87. The van der Waals surface area contributed by atoms with Gasteiger partial charge in [0.25, 0.3) is 0 Å². The third-order valence-corrected chi connectivity index (χ3v) is 3.60. The Morgan fingerprint density at radius 2 is 2.28 bits per heavy atom. The highest BCUT2D eigenvalue weighted by Gasteiger charge is 2.27. The molecule has 4 heteroatoms. The number of aliphatic hydroxyl groups excluding tert-OH is 1. The number of aromatic nitrogens is 1. The first-order valence-electron chi connectivity index (χ1n) is 6.93. The fraction of sp³-hybridized carbons (Fsp3) is 0.786. The molecule has 4 nitrogen and oxygen atoms in total. The molecule has 2 unspecified atom stereocenters. The van der Waals surface area contributed by atoms with Crippen LogP contribution in [0.3, 0.4) is 0 Å². The van der Waals surface area contributed by atoms with E-state index in [2.05, 4.69) is 23.7 Å². The van der Waals surface area contributed by atoms with Crippen LogP contribution in [0.15, 0.2) is 10.7 Å². The van der Waals surface area contributed by atoms with Crippen molar-refractivity contribution in [3.63, 3.8) is 0 Å². The molecule has 1 aliphatic rings. The van der Waals surface area contributed by atoms with E-state index in [1.54, 1.807) is 13.2 Å². The van der Waals surface area contributed by atoms with Gasteiger partial charge < -0.3 is 9.52 Å². The van der Waals surface area contributed by atoms with Crippen molar-refractivity contribution in [1.82, 2.24) is 9.88 Å². The zero-order valence-electron chi connectivity index (χ0n) is 11.6. The van der Waals surface area contributed by atoms with Crippen LogP contribution in [0.1, 0.15) is 45.2 Å². The van der Waals surface area contributed by atoms with Crippen LogP contribution in [0.25, 0.3) is 0 Å². The Kier molecular flexibility index (Phi) is 4.40. The SMILES string of the molecule is CC(O)Cc1coc(CC2CCCN2C(C)C)n1. The topological polar surface area (TPSA) is 49.5 Å². The van der Waals surface area contributed by atoms with Crippen molar-refractivity contribution in [3.05, 3.63) is 17.8 Å². The van der Waals surface area contributed by atoms with E-state index in [9.17, 15) is 5.11 Å². The zero-order valence-corrected chi connectivity index (χ0v) is 11.6. The van der Waals surface area contributed by atoms with Gasteiger partial charge in [-0.1, -0.05) is 0 Å². The number of oxazole rings is 1. The van der Waals surface area contributed by atoms with Gasteiger partial charge in [-0.2, -0.15) is 0 Å². The minimum Gasteiger partial charge on any atom is -0.449 e. The van der Waals surface area contributed by atoms with Crippen LogP contribution in [0, 0.1) is 0 Å². The summed E-state index contributed by atoms with van der Waals surface area (Å²) < 4.78 is 5.51. The number of likely N-dealkylation sites (tertiary alicyclic amines) is 1. The molecule has 0 spiro atoms. The Morgan fingerprint density at radius 3 is 2.94 bits per heavy atom. The average molecular weight is 252 g/mol. The minimum atomic E-state index is -0.360.